The number of fused-ring (bicyclic) bond motifs is 1. The number of hydrogen-bond donors (Lipinski definition) is 0. The SMILES string of the molecule is O=S(=O)(c1ccccc1)C1(S(=O)(=O)c2ccccc2)CC[C@@H]2CC=C[C@@H]21. The lowest BCUT2D eigenvalue weighted by Gasteiger charge is -2.33. The van der Waals surface area contributed by atoms with Crippen molar-refractivity contribution in [1.82, 2.24) is 0 Å². The second kappa shape index (κ2) is 6.06. The van der Waals surface area contributed by atoms with Crippen LogP contribution in [0.4, 0.5) is 0 Å². The summed E-state index contributed by atoms with van der Waals surface area (Å²) in [6.45, 7) is 0. The van der Waals surface area contributed by atoms with Crippen LogP contribution in [0.3, 0.4) is 0 Å². The molecule has 1 fully saturated rings. The predicted octanol–water partition coefficient (Wildman–Crippen LogP) is 3.62. The Balaban J connectivity index is 2.01. The molecule has 2 aromatic rings. The minimum Gasteiger partial charge on any atom is -0.222 e. The molecule has 4 nitrogen and oxygen atoms in total. The fourth-order valence-corrected chi connectivity index (χ4v) is 10.0. The van der Waals surface area contributed by atoms with E-state index in [1.54, 1.807) is 42.5 Å². The molecule has 0 spiro atoms. The second-order valence-corrected chi connectivity index (χ2v) is 11.6. The molecule has 0 heterocycles. The molecule has 6 heteroatoms. The molecular weight excluding hydrogens is 368 g/mol. The van der Waals surface area contributed by atoms with E-state index < -0.39 is 29.7 Å². The van der Waals surface area contributed by atoms with E-state index in [2.05, 4.69) is 0 Å². The van der Waals surface area contributed by atoms with Crippen LogP contribution in [0.5, 0.6) is 0 Å². The molecule has 0 aromatic heterocycles. The maximum atomic E-state index is 13.7. The van der Waals surface area contributed by atoms with Gasteiger partial charge in [-0.3, -0.25) is 0 Å². The van der Waals surface area contributed by atoms with Gasteiger partial charge in [0.2, 0.25) is 0 Å². The van der Waals surface area contributed by atoms with Gasteiger partial charge in [-0.15, -0.1) is 0 Å². The highest BCUT2D eigenvalue weighted by Gasteiger charge is 2.65. The van der Waals surface area contributed by atoms with Crippen LogP contribution in [0.25, 0.3) is 0 Å². The fraction of sp³-hybridized carbons (Fsp3) is 0.300. The first kappa shape index (κ1) is 17.5. The van der Waals surface area contributed by atoms with Gasteiger partial charge in [-0.05, 0) is 49.4 Å². The lowest BCUT2D eigenvalue weighted by molar-refractivity contribution is 0.458. The summed E-state index contributed by atoms with van der Waals surface area (Å²) in [5.74, 6) is -0.454. The summed E-state index contributed by atoms with van der Waals surface area (Å²) in [6, 6.07) is 15.9. The van der Waals surface area contributed by atoms with Crippen LogP contribution in [-0.2, 0) is 19.7 Å². The third-order valence-corrected chi connectivity index (χ3v) is 11.6. The molecule has 0 radical (unpaired) electrons. The number of benzene rings is 2. The number of sulfone groups is 2. The molecule has 0 amide bonds. The molecule has 0 unspecified atom stereocenters. The average molecular weight is 389 g/mol. The van der Waals surface area contributed by atoms with Crippen molar-refractivity contribution < 1.29 is 16.8 Å². The van der Waals surface area contributed by atoms with Crippen molar-refractivity contribution in [3.05, 3.63) is 72.8 Å². The highest BCUT2D eigenvalue weighted by Crippen LogP contribution is 2.56. The summed E-state index contributed by atoms with van der Waals surface area (Å²) in [7, 11) is -8.20. The van der Waals surface area contributed by atoms with Crippen LogP contribution in [-0.4, -0.2) is 20.9 Å². The number of allylic oxidation sites excluding steroid dienone is 2. The Morgan fingerprint density at radius 3 is 1.77 bits per heavy atom. The maximum Gasteiger partial charge on any atom is 0.199 e. The Bertz CT molecular complexity index is 970. The molecule has 136 valence electrons. The lowest BCUT2D eigenvalue weighted by atomic mass is 10.00. The third-order valence-electron chi connectivity index (χ3n) is 5.68. The standard InChI is InChI=1S/C20H20O4S2/c21-25(22,17-9-3-1-4-10-17)20(15-14-16-8-7-13-19(16)20)26(23,24)18-11-5-2-6-12-18/h1-7,9-13,16,19H,8,14-15H2/t16-,19-/m0/s1. The Labute approximate surface area is 154 Å². The largest absolute Gasteiger partial charge is 0.222 e. The highest BCUT2D eigenvalue weighted by molar-refractivity contribution is 8.10. The summed E-state index contributed by atoms with van der Waals surface area (Å²) in [6.07, 6.45) is 5.18. The molecule has 0 aliphatic heterocycles. The van der Waals surface area contributed by atoms with Crippen LogP contribution in [0.2, 0.25) is 0 Å². The summed E-state index contributed by atoms with van der Waals surface area (Å²) < 4.78 is 53.0. The first-order valence-electron chi connectivity index (χ1n) is 8.67. The molecule has 0 bridgehead atoms. The van der Waals surface area contributed by atoms with Gasteiger partial charge in [0.05, 0.1) is 9.79 Å². The van der Waals surface area contributed by atoms with E-state index in [9.17, 15) is 16.8 Å². The lowest BCUT2D eigenvalue weighted by Crippen LogP contribution is -2.49. The van der Waals surface area contributed by atoms with Gasteiger partial charge in [-0.2, -0.15) is 0 Å². The zero-order valence-corrected chi connectivity index (χ0v) is 15.8. The maximum absolute atomic E-state index is 13.7. The second-order valence-electron chi connectivity index (χ2n) is 6.93. The van der Waals surface area contributed by atoms with Gasteiger partial charge in [0.25, 0.3) is 0 Å². The van der Waals surface area contributed by atoms with Gasteiger partial charge < -0.3 is 0 Å². The minimum absolute atomic E-state index is 0.0620. The quantitative estimate of drug-likeness (QED) is 0.750. The van der Waals surface area contributed by atoms with E-state index >= 15 is 0 Å². The van der Waals surface area contributed by atoms with Gasteiger partial charge in [-0.25, -0.2) is 16.8 Å². The zero-order chi connectivity index (χ0) is 18.4. The molecule has 0 saturated heterocycles. The van der Waals surface area contributed by atoms with Gasteiger partial charge in [-0.1, -0.05) is 48.6 Å². The third kappa shape index (κ3) is 2.25. The molecule has 2 atom stereocenters. The molecular formula is C20H20O4S2. The number of rotatable bonds is 4. The smallest absolute Gasteiger partial charge is 0.199 e. The Hall–Kier alpha value is -1.92. The van der Waals surface area contributed by atoms with Gasteiger partial charge in [0.15, 0.2) is 23.8 Å². The Kier molecular flexibility index (Phi) is 4.08. The van der Waals surface area contributed by atoms with Crippen molar-refractivity contribution >= 4 is 19.7 Å². The first-order chi connectivity index (χ1) is 12.4. The van der Waals surface area contributed by atoms with Crippen LogP contribution in [0.1, 0.15) is 19.3 Å². The van der Waals surface area contributed by atoms with E-state index in [1.165, 1.54) is 24.3 Å². The van der Waals surface area contributed by atoms with Crippen LogP contribution < -0.4 is 0 Å². The van der Waals surface area contributed by atoms with Crippen molar-refractivity contribution in [3.63, 3.8) is 0 Å². The van der Waals surface area contributed by atoms with Gasteiger partial charge >= 0.3 is 0 Å². The summed E-state index contributed by atoms with van der Waals surface area (Å²) in [4.78, 5) is 0.140. The van der Waals surface area contributed by atoms with E-state index in [4.69, 9.17) is 0 Å². The minimum atomic E-state index is -4.10. The summed E-state index contributed by atoms with van der Waals surface area (Å²) in [5, 5.41) is 0. The first-order valence-corrected chi connectivity index (χ1v) is 11.6. The molecule has 0 N–H and O–H groups in total. The van der Waals surface area contributed by atoms with E-state index in [1.807, 2.05) is 6.08 Å². The van der Waals surface area contributed by atoms with E-state index in [0.29, 0.717) is 6.42 Å². The molecule has 2 aliphatic rings. The number of hydrogen-bond acceptors (Lipinski definition) is 4. The zero-order valence-electron chi connectivity index (χ0n) is 14.2. The normalized spacial score (nSPS) is 24.5. The van der Waals surface area contributed by atoms with Crippen molar-refractivity contribution in [2.75, 3.05) is 0 Å². The van der Waals surface area contributed by atoms with Gasteiger partial charge in [0, 0.05) is 5.92 Å². The van der Waals surface area contributed by atoms with Crippen molar-refractivity contribution in [2.45, 2.75) is 33.1 Å². The molecule has 2 aromatic carbocycles. The molecule has 2 aliphatic carbocycles. The Morgan fingerprint density at radius 1 is 0.769 bits per heavy atom. The molecule has 4 rings (SSSR count). The van der Waals surface area contributed by atoms with E-state index in [0.717, 1.165) is 6.42 Å². The van der Waals surface area contributed by atoms with Crippen molar-refractivity contribution in [3.8, 4) is 0 Å². The predicted molar refractivity (Wildman–Crippen MR) is 100.0 cm³/mol. The fourth-order valence-electron chi connectivity index (χ4n) is 4.43. The van der Waals surface area contributed by atoms with E-state index in [-0.39, 0.29) is 22.1 Å². The monoisotopic (exact) mass is 388 g/mol. The highest BCUT2D eigenvalue weighted by atomic mass is 32.3. The van der Waals surface area contributed by atoms with Crippen molar-refractivity contribution in [2.24, 2.45) is 11.8 Å². The summed E-state index contributed by atoms with van der Waals surface area (Å²) >= 11 is 0. The molecule has 26 heavy (non-hydrogen) atoms. The Morgan fingerprint density at radius 2 is 1.27 bits per heavy atom. The van der Waals surface area contributed by atoms with Gasteiger partial charge in [0.1, 0.15) is 0 Å². The van der Waals surface area contributed by atoms with Crippen LogP contribution >= 0.6 is 0 Å². The van der Waals surface area contributed by atoms with Crippen molar-refractivity contribution in [1.29, 1.82) is 0 Å². The van der Waals surface area contributed by atoms with Crippen LogP contribution in [0, 0.1) is 11.8 Å². The van der Waals surface area contributed by atoms with Crippen LogP contribution in [0.15, 0.2) is 82.6 Å². The molecule has 1 saturated carbocycles. The topological polar surface area (TPSA) is 68.3 Å². The average Bonchev–Trinajstić information content (AvgIpc) is 3.26. The summed E-state index contributed by atoms with van der Waals surface area (Å²) in [5.41, 5.74) is 0.